The van der Waals surface area contributed by atoms with Gasteiger partial charge in [0.2, 0.25) is 10.0 Å². The molecular formula is C15H23NO4S. The van der Waals surface area contributed by atoms with Crippen molar-refractivity contribution in [1.29, 1.82) is 0 Å². The molecule has 0 aliphatic heterocycles. The number of carboxylic acids is 1. The van der Waals surface area contributed by atoms with Crippen LogP contribution >= 0.6 is 0 Å². The third kappa shape index (κ3) is 4.54. The van der Waals surface area contributed by atoms with E-state index in [2.05, 4.69) is 18.6 Å². The summed E-state index contributed by atoms with van der Waals surface area (Å²) in [6.45, 7) is 6.95. The lowest BCUT2D eigenvalue weighted by atomic mass is 9.95. The first-order valence-electron chi connectivity index (χ1n) is 6.93. The number of rotatable bonds is 7. The molecule has 0 aromatic heterocycles. The SMILES string of the molecule is CCC(C)c1ccc(S(=O)(=O)NCC(C)(C)C(=O)O)cc1. The molecule has 5 nitrogen and oxygen atoms in total. The summed E-state index contributed by atoms with van der Waals surface area (Å²) < 4.78 is 26.6. The molecule has 1 aromatic rings. The summed E-state index contributed by atoms with van der Waals surface area (Å²) in [4.78, 5) is 11.1. The Balaban J connectivity index is 2.86. The topological polar surface area (TPSA) is 83.5 Å². The Kier molecular flexibility index (Phi) is 5.53. The number of sulfonamides is 1. The number of carbonyl (C=O) groups is 1. The Morgan fingerprint density at radius 1 is 1.29 bits per heavy atom. The fraction of sp³-hybridized carbons (Fsp3) is 0.533. The second-order valence-corrected chi connectivity index (χ2v) is 7.66. The average Bonchev–Trinajstić information content (AvgIpc) is 2.44. The van der Waals surface area contributed by atoms with E-state index in [0.29, 0.717) is 5.92 Å². The number of carboxylic acid groups (broad SMARTS) is 1. The van der Waals surface area contributed by atoms with Gasteiger partial charge < -0.3 is 5.11 Å². The largest absolute Gasteiger partial charge is 0.481 e. The molecule has 6 heteroatoms. The summed E-state index contributed by atoms with van der Waals surface area (Å²) in [6, 6.07) is 6.70. The van der Waals surface area contributed by atoms with Gasteiger partial charge in [0.05, 0.1) is 10.3 Å². The molecule has 0 fully saturated rings. The van der Waals surface area contributed by atoms with Gasteiger partial charge in [0.15, 0.2) is 0 Å². The molecule has 0 amide bonds. The fourth-order valence-electron chi connectivity index (χ4n) is 1.65. The lowest BCUT2D eigenvalue weighted by molar-refractivity contribution is -0.146. The highest BCUT2D eigenvalue weighted by Gasteiger charge is 2.29. The van der Waals surface area contributed by atoms with Crippen LogP contribution in [-0.2, 0) is 14.8 Å². The van der Waals surface area contributed by atoms with Crippen molar-refractivity contribution in [1.82, 2.24) is 4.72 Å². The lowest BCUT2D eigenvalue weighted by Gasteiger charge is -2.19. The van der Waals surface area contributed by atoms with E-state index in [1.54, 1.807) is 24.3 Å². The van der Waals surface area contributed by atoms with Crippen molar-refractivity contribution in [3.8, 4) is 0 Å². The predicted octanol–water partition coefficient (Wildman–Crippen LogP) is 2.59. The van der Waals surface area contributed by atoms with E-state index in [1.807, 2.05) is 0 Å². The Hall–Kier alpha value is -1.40. The van der Waals surface area contributed by atoms with E-state index >= 15 is 0 Å². The monoisotopic (exact) mass is 313 g/mol. The molecule has 1 rings (SSSR count). The van der Waals surface area contributed by atoms with Gasteiger partial charge in [0.1, 0.15) is 0 Å². The van der Waals surface area contributed by atoms with Crippen LogP contribution in [0.25, 0.3) is 0 Å². The van der Waals surface area contributed by atoms with Gasteiger partial charge in [-0.1, -0.05) is 26.0 Å². The van der Waals surface area contributed by atoms with Crippen LogP contribution in [0.2, 0.25) is 0 Å². The fourth-order valence-corrected chi connectivity index (χ4v) is 2.86. The molecule has 1 aromatic carbocycles. The molecule has 21 heavy (non-hydrogen) atoms. The molecule has 0 saturated heterocycles. The standard InChI is InChI=1S/C15H23NO4S/c1-5-11(2)12-6-8-13(9-7-12)21(19,20)16-10-15(3,4)14(17)18/h6-9,11,16H,5,10H2,1-4H3,(H,17,18). The van der Waals surface area contributed by atoms with Gasteiger partial charge in [0, 0.05) is 6.54 Å². The molecule has 118 valence electrons. The number of aliphatic carboxylic acids is 1. The molecule has 0 aliphatic carbocycles. The van der Waals surface area contributed by atoms with Gasteiger partial charge in [-0.2, -0.15) is 0 Å². The normalized spacial score (nSPS) is 13.9. The molecular weight excluding hydrogens is 290 g/mol. The van der Waals surface area contributed by atoms with Crippen molar-refractivity contribution in [2.45, 2.75) is 44.9 Å². The molecule has 0 saturated carbocycles. The van der Waals surface area contributed by atoms with Gasteiger partial charge in [-0.3, -0.25) is 4.79 Å². The minimum Gasteiger partial charge on any atom is -0.481 e. The van der Waals surface area contributed by atoms with Crippen LogP contribution in [0, 0.1) is 5.41 Å². The van der Waals surface area contributed by atoms with E-state index in [0.717, 1.165) is 12.0 Å². The Morgan fingerprint density at radius 2 is 1.81 bits per heavy atom. The molecule has 0 spiro atoms. The molecule has 2 N–H and O–H groups in total. The van der Waals surface area contributed by atoms with E-state index in [1.165, 1.54) is 13.8 Å². The summed E-state index contributed by atoms with van der Waals surface area (Å²) in [6.07, 6.45) is 0.983. The molecule has 0 bridgehead atoms. The zero-order valence-corrected chi connectivity index (χ0v) is 13.7. The van der Waals surface area contributed by atoms with Gasteiger partial charge in [-0.15, -0.1) is 0 Å². The van der Waals surface area contributed by atoms with Crippen LogP contribution in [0.15, 0.2) is 29.2 Å². The first-order chi connectivity index (χ1) is 9.60. The molecule has 0 heterocycles. The molecule has 1 unspecified atom stereocenters. The number of hydrogen-bond acceptors (Lipinski definition) is 3. The van der Waals surface area contributed by atoms with E-state index in [4.69, 9.17) is 5.11 Å². The Morgan fingerprint density at radius 3 is 2.24 bits per heavy atom. The van der Waals surface area contributed by atoms with Gasteiger partial charge >= 0.3 is 5.97 Å². The van der Waals surface area contributed by atoms with Crippen molar-refractivity contribution >= 4 is 16.0 Å². The first-order valence-corrected chi connectivity index (χ1v) is 8.41. The van der Waals surface area contributed by atoms with Crippen LogP contribution in [0.5, 0.6) is 0 Å². The summed E-state index contributed by atoms with van der Waals surface area (Å²) in [5.41, 5.74) is -0.0636. The van der Waals surface area contributed by atoms with Crippen LogP contribution in [0.3, 0.4) is 0 Å². The van der Waals surface area contributed by atoms with Crippen LogP contribution in [-0.4, -0.2) is 26.0 Å². The van der Waals surface area contributed by atoms with Crippen LogP contribution in [0.1, 0.15) is 45.6 Å². The highest BCUT2D eigenvalue weighted by atomic mass is 32.2. The average molecular weight is 313 g/mol. The minimum atomic E-state index is -3.69. The van der Waals surface area contributed by atoms with Gasteiger partial charge in [-0.05, 0) is 43.9 Å². The molecule has 1 atom stereocenters. The molecule has 0 radical (unpaired) electrons. The van der Waals surface area contributed by atoms with E-state index < -0.39 is 21.4 Å². The summed E-state index contributed by atoms with van der Waals surface area (Å²) in [7, 11) is -3.69. The van der Waals surface area contributed by atoms with Crippen molar-refractivity contribution in [3.63, 3.8) is 0 Å². The first kappa shape index (κ1) is 17.7. The third-order valence-electron chi connectivity index (χ3n) is 3.65. The van der Waals surface area contributed by atoms with Gasteiger partial charge in [0.25, 0.3) is 0 Å². The molecule has 0 aliphatic rings. The smallest absolute Gasteiger partial charge is 0.310 e. The van der Waals surface area contributed by atoms with Gasteiger partial charge in [-0.25, -0.2) is 13.1 Å². The summed E-state index contributed by atoms with van der Waals surface area (Å²) in [5.74, 6) is -0.669. The van der Waals surface area contributed by atoms with Crippen LogP contribution < -0.4 is 4.72 Å². The second kappa shape index (κ2) is 6.58. The maximum atomic E-state index is 12.1. The Bertz CT molecular complexity index is 591. The van der Waals surface area contributed by atoms with Crippen molar-refractivity contribution in [2.24, 2.45) is 5.41 Å². The van der Waals surface area contributed by atoms with Crippen molar-refractivity contribution in [2.75, 3.05) is 6.54 Å². The number of benzene rings is 1. The maximum absolute atomic E-state index is 12.1. The number of nitrogens with one attached hydrogen (secondary N) is 1. The van der Waals surface area contributed by atoms with Crippen molar-refractivity contribution in [3.05, 3.63) is 29.8 Å². The predicted molar refractivity (Wildman–Crippen MR) is 81.8 cm³/mol. The zero-order valence-electron chi connectivity index (χ0n) is 12.9. The summed E-state index contributed by atoms with van der Waals surface area (Å²) >= 11 is 0. The van der Waals surface area contributed by atoms with E-state index in [-0.39, 0.29) is 11.4 Å². The zero-order chi connectivity index (χ0) is 16.3. The van der Waals surface area contributed by atoms with Crippen molar-refractivity contribution < 1.29 is 18.3 Å². The lowest BCUT2D eigenvalue weighted by Crippen LogP contribution is -2.38. The maximum Gasteiger partial charge on any atom is 0.310 e. The third-order valence-corrected chi connectivity index (χ3v) is 5.07. The minimum absolute atomic E-state index is 0.149. The highest BCUT2D eigenvalue weighted by Crippen LogP contribution is 2.21. The Labute approximate surface area is 126 Å². The quantitative estimate of drug-likeness (QED) is 0.810. The second-order valence-electron chi connectivity index (χ2n) is 5.89. The highest BCUT2D eigenvalue weighted by molar-refractivity contribution is 7.89. The summed E-state index contributed by atoms with van der Waals surface area (Å²) in [5, 5.41) is 9.00. The number of hydrogen-bond donors (Lipinski definition) is 2. The van der Waals surface area contributed by atoms with E-state index in [9.17, 15) is 13.2 Å². The van der Waals surface area contributed by atoms with Crippen LogP contribution in [0.4, 0.5) is 0 Å².